The lowest BCUT2D eigenvalue weighted by molar-refractivity contribution is -0.143. The Hall–Kier alpha value is -1.88. The van der Waals surface area contributed by atoms with Crippen molar-refractivity contribution in [3.8, 4) is 0 Å². The number of carbonyl (C=O) groups excluding carboxylic acids is 1. The van der Waals surface area contributed by atoms with Gasteiger partial charge < -0.3 is 10.4 Å². The van der Waals surface area contributed by atoms with Crippen LogP contribution in [0.3, 0.4) is 0 Å². The number of carboxylic acid groups (broad SMARTS) is 1. The second kappa shape index (κ2) is 9.42. The summed E-state index contributed by atoms with van der Waals surface area (Å²) in [6.45, 7) is 3.62. The van der Waals surface area contributed by atoms with Crippen molar-refractivity contribution in [1.82, 2.24) is 10.2 Å². The molecule has 1 aromatic rings. The van der Waals surface area contributed by atoms with Crippen molar-refractivity contribution in [3.63, 3.8) is 0 Å². The molecule has 1 saturated heterocycles. The lowest BCUT2D eigenvalue weighted by Crippen LogP contribution is -2.53. The lowest BCUT2D eigenvalue weighted by Gasteiger charge is -2.35. The molecule has 0 saturated carbocycles. The summed E-state index contributed by atoms with van der Waals surface area (Å²) in [7, 11) is 0. The molecule has 1 aliphatic heterocycles. The van der Waals surface area contributed by atoms with Crippen molar-refractivity contribution in [1.29, 1.82) is 0 Å². The van der Waals surface area contributed by atoms with Gasteiger partial charge in [-0.25, -0.2) is 4.79 Å². The minimum atomic E-state index is -0.942. The van der Waals surface area contributed by atoms with E-state index < -0.39 is 12.0 Å². The quantitative estimate of drug-likeness (QED) is 0.768. The predicted octanol–water partition coefficient (Wildman–Crippen LogP) is 2.80. The van der Waals surface area contributed by atoms with Gasteiger partial charge >= 0.3 is 5.97 Å². The van der Waals surface area contributed by atoms with Gasteiger partial charge in [-0.05, 0) is 31.4 Å². The van der Waals surface area contributed by atoms with Crippen molar-refractivity contribution >= 4 is 11.9 Å². The largest absolute Gasteiger partial charge is 0.480 e. The molecule has 1 aromatic carbocycles. The number of nitrogens with one attached hydrogen (secondary N) is 1. The third-order valence-electron chi connectivity index (χ3n) is 4.61. The van der Waals surface area contributed by atoms with Crippen LogP contribution in [0.4, 0.5) is 0 Å². The number of piperidine rings is 1. The highest BCUT2D eigenvalue weighted by Crippen LogP contribution is 2.20. The minimum Gasteiger partial charge on any atom is -0.480 e. The highest BCUT2D eigenvalue weighted by Gasteiger charge is 2.31. The third-order valence-corrected chi connectivity index (χ3v) is 4.61. The second-order valence-corrected chi connectivity index (χ2v) is 6.51. The average Bonchev–Trinajstić information content (AvgIpc) is 2.59. The lowest BCUT2D eigenvalue weighted by atomic mass is 9.99. The Bertz CT molecular complexity index is 533. The zero-order valence-corrected chi connectivity index (χ0v) is 14.4. The molecule has 0 bridgehead atoms. The number of unbranched alkanes of at least 4 members (excludes halogenated alkanes) is 1. The maximum Gasteiger partial charge on any atom is 0.326 e. The molecule has 1 fully saturated rings. The maximum absolute atomic E-state index is 12.7. The number of hydrogen-bond donors (Lipinski definition) is 2. The first-order chi connectivity index (χ1) is 11.6. The standard InChI is InChI=1S/C19H28N2O3/c1-2-3-11-16(19(23)24)20-18(22)17-12-7-8-13-21(17)14-15-9-5-4-6-10-15/h4-6,9-10,16-17H,2-3,7-8,11-14H2,1H3,(H,20,22)(H,23,24)/t16-,17?/m0/s1. The Kier molecular flexibility index (Phi) is 7.25. The van der Waals surface area contributed by atoms with Gasteiger partial charge in [-0.15, -0.1) is 0 Å². The Morgan fingerprint density at radius 3 is 2.71 bits per heavy atom. The fourth-order valence-corrected chi connectivity index (χ4v) is 3.23. The molecular formula is C19H28N2O3. The summed E-state index contributed by atoms with van der Waals surface area (Å²) in [4.78, 5) is 26.2. The zero-order chi connectivity index (χ0) is 17.4. The van der Waals surface area contributed by atoms with Gasteiger partial charge in [0.1, 0.15) is 6.04 Å². The molecule has 5 heteroatoms. The fourth-order valence-electron chi connectivity index (χ4n) is 3.23. The summed E-state index contributed by atoms with van der Waals surface area (Å²) in [5.74, 6) is -1.09. The summed E-state index contributed by atoms with van der Waals surface area (Å²) in [5.41, 5.74) is 1.18. The van der Waals surface area contributed by atoms with Gasteiger partial charge in [-0.3, -0.25) is 9.69 Å². The number of nitrogens with zero attached hydrogens (tertiary/aromatic N) is 1. The van der Waals surface area contributed by atoms with Crippen molar-refractivity contribution in [2.75, 3.05) is 6.54 Å². The van der Waals surface area contributed by atoms with Crippen molar-refractivity contribution < 1.29 is 14.7 Å². The second-order valence-electron chi connectivity index (χ2n) is 6.51. The van der Waals surface area contributed by atoms with E-state index in [4.69, 9.17) is 0 Å². The summed E-state index contributed by atoms with van der Waals surface area (Å²) >= 11 is 0. The van der Waals surface area contributed by atoms with E-state index in [0.29, 0.717) is 6.42 Å². The topological polar surface area (TPSA) is 69.6 Å². The Labute approximate surface area is 144 Å². The Morgan fingerprint density at radius 1 is 1.29 bits per heavy atom. The molecule has 2 N–H and O–H groups in total. The number of likely N-dealkylation sites (tertiary alicyclic amines) is 1. The third kappa shape index (κ3) is 5.34. The number of aliphatic carboxylic acids is 1. The minimum absolute atomic E-state index is 0.144. The molecule has 1 heterocycles. The van der Waals surface area contributed by atoms with Crippen molar-refractivity contribution in [3.05, 3.63) is 35.9 Å². The number of benzene rings is 1. The summed E-state index contributed by atoms with van der Waals surface area (Å²) in [5, 5.41) is 12.1. The van der Waals surface area contributed by atoms with Crippen LogP contribution in [0.25, 0.3) is 0 Å². The highest BCUT2D eigenvalue weighted by molar-refractivity contribution is 5.87. The number of hydrogen-bond acceptors (Lipinski definition) is 3. The normalized spacial score (nSPS) is 19.6. The van der Waals surface area contributed by atoms with Gasteiger partial charge in [0.05, 0.1) is 6.04 Å². The molecule has 1 unspecified atom stereocenters. The van der Waals surface area contributed by atoms with Crippen LogP contribution in [0.15, 0.2) is 30.3 Å². The van der Waals surface area contributed by atoms with Gasteiger partial charge in [0.2, 0.25) is 5.91 Å². The van der Waals surface area contributed by atoms with Gasteiger partial charge in [-0.2, -0.15) is 0 Å². The van der Waals surface area contributed by atoms with E-state index in [1.165, 1.54) is 5.56 Å². The molecule has 0 aromatic heterocycles. The van der Waals surface area contributed by atoms with Crippen LogP contribution in [0.1, 0.15) is 51.0 Å². The van der Waals surface area contributed by atoms with Crippen LogP contribution in [-0.2, 0) is 16.1 Å². The number of carboxylic acids is 1. The molecule has 0 spiro atoms. The number of amides is 1. The van der Waals surface area contributed by atoms with Crippen molar-refractivity contribution in [2.24, 2.45) is 0 Å². The molecule has 5 nitrogen and oxygen atoms in total. The van der Waals surface area contributed by atoms with E-state index in [1.54, 1.807) is 0 Å². The molecular weight excluding hydrogens is 304 g/mol. The maximum atomic E-state index is 12.7. The van der Waals surface area contributed by atoms with Crippen LogP contribution >= 0.6 is 0 Å². The van der Waals surface area contributed by atoms with Crippen LogP contribution in [-0.4, -0.2) is 40.5 Å². The van der Waals surface area contributed by atoms with Crippen LogP contribution in [0, 0.1) is 0 Å². The Balaban J connectivity index is 2.00. The summed E-state index contributed by atoms with van der Waals surface area (Å²) in [6, 6.07) is 9.09. The zero-order valence-electron chi connectivity index (χ0n) is 14.4. The highest BCUT2D eigenvalue weighted by atomic mass is 16.4. The van der Waals surface area contributed by atoms with E-state index in [1.807, 2.05) is 25.1 Å². The monoisotopic (exact) mass is 332 g/mol. The molecule has 0 aliphatic carbocycles. The summed E-state index contributed by atoms with van der Waals surface area (Å²) in [6.07, 6.45) is 5.09. The van der Waals surface area contributed by atoms with E-state index in [9.17, 15) is 14.7 Å². The van der Waals surface area contributed by atoms with E-state index in [0.717, 1.165) is 45.2 Å². The van der Waals surface area contributed by atoms with Gasteiger partial charge in [0.25, 0.3) is 0 Å². The molecule has 2 atom stereocenters. The van der Waals surface area contributed by atoms with Crippen molar-refractivity contribution in [2.45, 2.75) is 64.1 Å². The molecule has 24 heavy (non-hydrogen) atoms. The number of carbonyl (C=O) groups is 2. The van der Waals surface area contributed by atoms with Crippen LogP contribution in [0.2, 0.25) is 0 Å². The first kappa shape index (κ1) is 18.5. The summed E-state index contributed by atoms with van der Waals surface area (Å²) < 4.78 is 0. The molecule has 1 aliphatic rings. The van der Waals surface area contributed by atoms with Gasteiger partial charge in [-0.1, -0.05) is 56.5 Å². The van der Waals surface area contributed by atoms with Gasteiger partial charge in [0, 0.05) is 6.54 Å². The SMILES string of the molecule is CCCC[C@H](NC(=O)C1CCCCN1Cc1ccccc1)C(=O)O. The predicted molar refractivity (Wildman–Crippen MR) is 93.6 cm³/mol. The smallest absolute Gasteiger partial charge is 0.326 e. The molecule has 0 radical (unpaired) electrons. The van der Waals surface area contributed by atoms with Crippen LogP contribution in [0.5, 0.6) is 0 Å². The Morgan fingerprint density at radius 2 is 2.04 bits per heavy atom. The molecule has 2 rings (SSSR count). The number of rotatable bonds is 8. The van der Waals surface area contributed by atoms with Gasteiger partial charge in [0.15, 0.2) is 0 Å². The molecule has 132 valence electrons. The average molecular weight is 332 g/mol. The van der Waals surface area contributed by atoms with E-state index in [-0.39, 0.29) is 11.9 Å². The molecule has 1 amide bonds. The van der Waals surface area contributed by atoms with Crippen LogP contribution < -0.4 is 5.32 Å². The first-order valence-electron chi connectivity index (χ1n) is 8.93. The fraction of sp³-hybridized carbons (Fsp3) is 0.579. The van der Waals surface area contributed by atoms with E-state index >= 15 is 0 Å². The first-order valence-corrected chi connectivity index (χ1v) is 8.93. The van der Waals surface area contributed by atoms with E-state index in [2.05, 4.69) is 22.3 Å².